The van der Waals surface area contributed by atoms with Crippen molar-refractivity contribution in [2.75, 3.05) is 6.54 Å². The van der Waals surface area contributed by atoms with E-state index in [2.05, 4.69) is 11.8 Å². The highest BCUT2D eigenvalue weighted by atomic mass is 15.2. The lowest BCUT2D eigenvalue weighted by Gasteiger charge is -2.31. The van der Waals surface area contributed by atoms with Gasteiger partial charge in [-0.15, -0.1) is 0 Å². The van der Waals surface area contributed by atoms with Crippen LogP contribution < -0.4 is 0 Å². The summed E-state index contributed by atoms with van der Waals surface area (Å²) in [6, 6.07) is 0.672. The number of nitrogens with zero attached hydrogens (tertiary/aromatic N) is 1. The van der Waals surface area contributed by atoms with Gasteiger partial charge in [-0.2, -0.15) is 0 Å². The fourth-order valence-corrected chi connectivity index (χ4v) is 2.51. The van der Waals surface area contributed by atoms with Crippen LogP contribution in [0, 0.1) is 11.3 Å². The SMILES string of the molecule is CCC1CCCCCN1C(=N)C1CC1. The molecule has 2 fully saturated rings. The van der Waals surface area contributed by atoms with Crippen LogP contribution in [0.3, 0.4) is 0 Å². The monoisotopic (exact) mass is 194 g/mol. The molecule has 1 aliphatic heterocycles. The second-order valence-corrected chi connectivity index (χ2v) is 4.76. The molecular formula is C12H22N2. The topological polar surface area (TPSA) is 27.1 Å². The van der Waals surface area contributed by atoms with Crippen LogP contribution in [0.5, 0.6) is 0 Å². The van der Waals surface area contributed by atoms with Crippen LogP contribution in [0.25, 0.3) is 0 Å². The molecule has 1 saturated heterocycles. The van der Waals surface area contributed by atoms with Crippen molar-refractivity contribution in [3.63, 3.8) is 0 Å². The Balaban J connectivity index is 1.99. The molecule has 80 valence electrons. The molecule has 1 atom stereocenters. The fraction of sp³-hybridized carbons (Fsp3) is 0.917. The van der Waals surface area contributed by atoms with E-state index in [-0.39, 0.29) is 0 Å². The first-order valence-electron chi connectivity index (χ1n) is 6.18. The second-order valence-electron chi connectivity index (χ2n) is 4.76. The summed E-state index contributed by atoms with van der Waals surface area (Å²) in [6.07, 6.45) is 9.10. The van der Waals surface area contributed by atoms with Crippen LogP contribution in [-0.2, 0) is 0 Å². The molecule has 0 bridgehead atoms. The predicted molar refractivity (Wildman–Crippen MR) is 59.7 cm³/mol. The molecule has 2 heteroatoms. The van der Waals surface area contributed by atoms with Crippen LogP contribution in [0.1, 0.15) is 51.9 Å². The predicted octanol–water partition coefficient (Wildman–Crippen LogP) is 3.03. The van der Waals surface area contributed by atoms with Gasteiger partial charge in [0.15, 0.2) is 0 Å². The molecule has 14 heavy (non-hydrogen) atoms. The van der Waals surface area contributed by atoms with Crippen molar-refractivity contribution >= 4 is 5.84 Å². The maximum absolute atomic E-state index is 8.16. The Labute approximate surface area is 87.2 Å². The van der Waals surface area contributed by atoms with Gasteiger partial charge in [-0.05, 0) is 32.1 Å². The molecule has 0 aromatic heterocycles. The van der Waals surface area contributed by atoms with Gasteiger partial charge in [-0.3, -0.25) is 5.41 Å². The Morgan fingerprint density at radius 1 is 1.21 bits per heavy atom. The standard InChI is InChI=1S/C12H22N2/c1-2-11-6-4-3-5-9-14(11)12(13)10-7-8-10/h10-11,13H,2-9H2,1H3. The molecule has 0 aromatic rings. The zero-order valence-electron chi connectivity index (χ0n) is 9.26. The van der Waals surface area contributed by atoms with Crippen LogP contribution in [0.4, 0.5) is 0 Å². The third kappa shape index (κ3) is 2.10. The first-order valence-corrected chi connectivity index (χ1v) is 6.18. The van der Waals surface area contributed by atoms with Gasteiger partial charge < -0.3 is 4.90 Å². The van der Waals surface area contributed by atoms with Gasteiger partial charge in [0.1, 0.15) is 0 Å². The largest absolute Gasteiger partial charge is 0.357 e. The molecule has 1 unspecified atom stereocenters. The van der Waals surface area contributed by atoms with Crippen molar-refractivity contribution in [3.05, 3.63) is 0 Å². The Morgan fingerprint density at radius 3 is 2.64 bits per heavy atom. The summed E-state index contributed by atoms with van der Waals surface area (Å²) >= 11 is 0. The van der Waals surface area contributed by atoms with E-state index < -0.39 is 0 Å². The minimum absolute atomic E-state index is 0.627. The average Bonchev–Trinajstić information content (AvgIpc) is 3.03. The molecule has 1 heterocycles. The number of likely N-dealkylation sites (tertiary alicyclic amines) is 1. The maximum Gasteiger partial charge on any atom is 0.0992 e. The summed E-state index contributed by atoms with van der Waals surface area (Å²) in [7, 11) is 0. The number of amidine groups is 1. The quantitative estimate of drug-likeness (QED) is 0.531. The minimum Gasteiger partial charge on any atom is -0.357 e. The summed E-state index contributed by atoms with van der Waals surface area (Å²) in [5.74, 6) is 1.58. The normalized spacial score (nSPS) is 28.6. The summed E-state index contributed by atoms with van der Waals surface area (Å²) in [5, 5.41) is 8.16. The molecule has 1 N–H and O–H groups in total. The highest BCUT2D eigenvalue weighted by Gasteiger charge is 2.32. The Hall–Kier alpha value is -0.530. The smallest absolute Gasteiger partial charge is 0.0992 e. The molecular weight excluding hydrogens is 172 g/mol. The first-order chi connectivity index (χ1) is 6.83. The van der Waals surface area contributed by atoms with Gasteiger partial charge in [0, 0.05) is 18.5 Å². The highest BCUT2D eigenvalue weighted by Crippen LogP contribution is 2.33. The summed E-state index contributed by atoms with van der Waals surface area (Å²) in [4.78, 5) is 2.41. The van der Waals surface area contributed by atoms with Gasteiger partial charge in [-0.1, -0.05) is 19.8 Å². The molecule has 0 aromatic carbocycles. The van der Waals surface area contributed by atoms with Crippen molar-refractivity contribution < 1.29 is 0 Å². The second kappa shape index (κ2) is 4.33. The van der Waals surface area contributed by atoms with E-state index in [0.29, 0.717) is 12.0 Å². The molecule has 0 amide bonds. The lowest BCUT2D eigenvalue weighted by atomic mass is 10.1. The van der Waals surface area contributed by atoms with Crippen molar-refractivity contribution in [3.8, 4) is 0 Å². The Morgan fingerprint density at radius 2 is 2.00 bits per heavy atom. The third-order valence-corrected chi connectivity index (χ3v) is 3.62. The van der Waals surface area contributed by atoms with E-state index in [1.807, 2.05) is 0 Å². The van der Waals surface area contributed by atoms with Crippen LogP contribution in [-0.4, -0.2) is 23.3 Å². The number of hydrogen-bond acceptors (Lipinski definition) is 1. The summed E-state index contributed by atoms with van der Waals surface area (Å²) in [6.45, 7) is 3.41. The van der Waals surface area contributed by atoms with Gasteiger partial charge >= 0.3 is 0 Å². The maximum atomic E-state index is 8.16. The van der Waals surface area contributed by atoms with Crippen molar-refractivity contribution in [2.45, 2.75) is 57.9 Å². The zero-order valence-corrected chi connectivity index (χ0v) is 9.26. The van der Waals surface area contributed by atoms with Gasteiger partial charge in [0.05, 0.1) is 5.84 Å². The highest BCUT2D eigenvalue weighted by molar-refractivity contribution is 5.84. The molecule has 1 saturated carbocycles. The molecule has 0 radical (unpaired) electrons. The molecule has 0 spiro atoms. The summed E-state index contributed by atoms with van der Waals surface area (Å²) < 4.78 is 0. The fourth-order valence-electron chi connectivity index (χ4n) is 2.51. The van der Waals surface area contributed by atoms with E-state index >= 15 is 0 Å². The van der Waals surface area contributed by atoms with Crippen LogP contribution in [0.15, 0.2) is 0 Å². The first kappa shape index (κ1) is 10.0. The average molecular weight is 194 g/mol. The molecule has 2 rings (SSSR count). The van der Waals surface area contributed by atoms with E-state index in [9.17, 15) is 0 Å². The van der Waals surface area contributed by atoms with E-state index in [0.717, 1.165) is 12.4 Å². The van der Waals surface area contributed by atoms with E-state index in [1.165, 1.54) is 44.9 Å². The lowest BCUT2D eigenvalue weighted by molar-refractivity contribution is 0.298. The van der Waals surface area contributed by atoms with Crippen molar-refractivity contribution in [1.82, 2.24) is 4.90 Å². The molecule has 2 nitrogen and oxygen atoms in total. The van der Waals surface area contributed by atoms with Crippen molar-refractivity contribution in [1.29, 1.82) is 5.41 Å². The van der Waals surface area contributed by atoms with Gasteiger partial charge in [0.2, 0.25) is 0 Å². The van der Waals surface area contributed by atoms with E-state index in [4.69, 9.17) is 5.41 Å². The number of hydrogen-bond donors (Lipinski definition) is 1. The molecule has 2 aliphatic rings. The number of nitrogens with one attached hydrogen (secondary N) is 1. The van der Waals surface area contributed by atoms with Crippen LogP contribution in [0.2, 0.25) is 0 Å². The zero-order chi connectivity index (χ0) is 9.97. The van der Waals surface area contributed by atoms with Crippen molar-refractivity contribution in [2.24, 2.45) is 5.92 Å². The van der Waals surface area contributed by atoms with E-state index in [1.54, 1.807) is 0 Å². The minimum atomic E-state index is 0.627. The summed E-state index contributed by atoms with van der Waals surface area (Å²) in [5.41, 5.74) is 0. The Kier molecular flexibility index (Phi) is 3.09. The lowest BCUT2D eigenvalue weighted by Crippen LogP contribution is -2.40. The van der Waals surface area contributed by atoms with Crippen LogP contribution >= 0.6 is 0 Å². The molecule has 1 aliphatic carbocycles. The Bertz CT molecular complexity index is 208. The number of rotatable bonds is 2. The third-order valence-electron chi connectivity index (χ3n) is 3.62. The van der Waals surface area contributed by atoms with Gasteiger partial charge in [-0.25, -0.2) is 0 Å². The van der Waals surface area contributed by atoms with Gasteiger partial charge in [0.25, 0.3) is 0 Å².